The fourth-order valence-corrected chi connectivity index (χ4v) is 4.52. The lowest BCUT2D eigenvalue weighted by Gasteiger charge is -2.19. The molecular formula is C19H20N2O5S. The van der Waals surface area contributed by atoms with Gasteiger partial charge in [0, 0.05) is 25.1 Å². The molecule has 1 aliphatic heterocycles. The topological polar surface area (TPSA) is 104 Å². The summed E-state index contributed by atoms with van der Waals surface area (Å²) < 4.78 is 27.2. The van der Waals surface area contributed by atoms with Gasteiger partial charge in [-0.1, -0.05) is 18.2 Å². The first-order valence-electron chi connectivity index (χ1n) is 8.60. The van der Waals surface area contributed by atoms with E-state index >= 15 is 0 Å². The van der Waals surface area contributed by atoms with E-state index < -0.39 is 16.0 Å². The van der Waals surface area contributed by atoms with Crippen LogP contribution in [0, 0.1) is 0 Å². The number of amides is 1. The third-order valence-corrected chi connectivity index (χ3v) is 6.19. The number of carbonyl (C=O) groups excluding carboxylic acids is 1. The quantitative estimate of drug-likeness (QED) is 0.759. The van der Waals surface area contributed by atoms with Crippen molar-refractivity contribution >= 4 is 33.3 Å². The Balaban J connectivity index is 1.68. The summed E-state index contributed by atoms with van der Waals surface area (Å²) >= 11 is 0. The van der Waals surface area contributed by atoms with Crippen molar-refractivity contribution in [3.8, 4) is 0 Å². The number of para-hydroxylation sites is 1. The zero-order valence-corrected chi connectivity index (χ0v) is 15.4. The molecule has 2 aromatic carbocycles. The molecule has 1 heterocycles. The van der Waals surface area contributed by atoms with Crippen molar-refractivity contribution in [3.63, 3.8) is 0 Å². The molecule has 7 nitrogen and oxygen atoms in total. The van der Waals surface area contributed by atoms with Crippen molar-refractivity contribution in [1.29, 1.82) is 0 Å². The number of anilines is 2. The molecular weight excluding hydrogens is 368 g/mol. The third kappa shape index (κ3) is 4.28. The Hall–Kier alpha value is -2.87. The maximum absolute atomic E-state index is 12.9. The van der Waals surface area contributed by atoms with E-state index in [-0.39, 0.29) is 30.1 Å². The van der Waals surface area contributed by atoms with Crippen LogP contribution in [0.5, 0.6) is 0 Å². The molecule has 2 aromatic rings. The summed E-state index contributed by atoms with van der Waals surface area (Å²) in [7, 11) is -3.67. The minimum atomic E-state index is -3.67. The number of carboxylic acid groups (broad SMARTS) is 1. The molecule has 1 amide bonds. The number of fused-ring (bicyclic) bond motifs is 1. The number of hydrogen-bond donors (Lipinski definition) is 2. The second kappa shape index (κ2) is 7.79. The van der Waals surface area contributed by atoms with Crippen LogP contribution < -0.4 is 9.62 Å². The molecule has 2 N–H and O–H groups in total. The number of rotatable bonds is 7. The Morgan fingerprint density at radius 1 is 1.04 bits per heavy atom. The summed E-state index contributed by atoms with van der Waals surface area (Å²) in [5, 5.41) is 11.2. The van der Waals surface area contributed by atoms with Crippen LogP contribution in [-0.2, 0) is 26.0 Å². The van der Waals surface area contributed by atoms with Crippen molar-refractivity contribution in [3.05, 3.63) is 54.1 Å². The summed E-state index contributed by atoms with van der Waals surface area (Å²) in [6, 6.07) is 13.4. The number of nitrogens with one attached hydrogen (secondary N) is 1. The maximum Gasteiger partial charge on any atom is 0.303 e. The second-order valence-corrected chi connectivity index (χ2v) is 8.14. The second-order valence-electron chi connectivity index (χ2n) is 6.28. The summed E-state index contributed by atoms with van der Waals surface area (Å²) in [5.74, 6) is -1.25. The van der Waals surface area contributed by atoms with Crippen molar-refractivity contribution < 1.29 is 23.1 Å². The van der Waals surface area contributed by atoms with Gasteiger partial charge in [-0.05, 0) is 48.7 Å². The Bertz CT molecular complexity index is 954. The van der Waals surface area contributed by atoms with Gasteiger partial charge in [0.25, 0.3) is 10.0 Å². The molecule has 3 rings (SSSR count). The van der Waals surface area contributed by atoms with E-state index in [1.807, 2.05) is 18.2 Å². The average Bonchev–Trinajstić information content (AvgIpc) is 3.07. The fourth-order valence-electron chi connectivity index (χ4n) is 3.02. The van der Waals surface area contributed by atoms with Crippen LogP contribution in [0.25, 0.3) is 0 Å². The number of carbonyl (C=O) groups is 2. The van der Waals surface area contributed by atoms with E-state index in [9.17, 15) is 18.0 Å². The standard InChI is InChI=1S/C19H20N2O5S/c22-18(6-3-7-19(23)24)20-15-8-10-16(11-9-15)27(25,26)21-13-12-14-4-1-2-5-17(14)21/h1-2,4-5,8-11H,3,6-7,12-13H2,(H,20,22)(H,23,24). The predicted octanol–water partition coefficient (Wildman–Crippen LogP) is 2.63. The first-order chi connectivity index (χ1) is 12.9. The van der Waals surface area contributed by atoms with E-state index in [2.05, 4.69) is 5.32 Å². The fraction of sp³-hybridized carbons (Fsp3) is 0.263. The molecule has 1 aliphatic rings. The van der Waals surface area contributed by atoms with Crippen LogP contribution in [-0.4, -0.2) is 31.9 Å². The molecule has 0 aromatic heterocycles. The van der Waals surface area contributed by atoms with E-state index in [0.29, 0.717) is 24.3 Å². The first kappa shape index (κ1) is 18.9. The molecule has 0 aliphatic carbocycles. The zero-order chi connectivity index (χ0) is 19.4. The molecule has 0 unspecified atom stereocenters. The Labute approximate surface area is 157 Å². The highest BCUT2D eigenvalue weighted by Crippen LogP contribution is 2.32. The predicted molar refractivity (Wildman–Crippen MR) is 101 cm³/mol. The van der Waals surface area contributed by atoms with Crippen LogP contribution in [0.1, 0.15) is 24.8 Å². The van der Waals surface area contributed by atoms with Crippen LogP contribution in [0.4, 0.5) is 11.4 Å². The van der Waals surface area contributed by atoms with Gasteiger partial charge in [-0.3, -0.25) is 13.9 Å². The van der Waals surface area contributed by atoms with Gasteiger partial charge in [0.15, 0.2) is 0 Å². The SMILES string of the molecule is O=C(O)CCCC(=O)Nc1ccc(S(=O)(=O)N2CCc3ccccc32)cc1. The van der Waals surface area contributed by atoms with Crippen molar-refractivity contribution in [2.75, 3.05) is 16.2 Å². The van der Waals surface area contributed by atoms with Crippen LogP contribution in [0.2, 0.25) is 0 Å². The Morgan fingerprint density at radius 3 is 2.44 bits per heavy atom. The summed E-state index contributed by atoms with van der Waals surface area (Å²) in [6.07, 6.45) is 0.959. The normalized spacial score (nSPS) is 13.3. The van der Waals surface area contributed by atoms with E-state index in [4.69, 9.17) is 5.11 Å². The number of carboxylic acids is 1. The van der Waals surface area contributed by atoms with Crippen molar-refractivity contribution in [1.82, 2.24) is 0 Å². The van der Waals surface area contributed by atoms with Gasteiger partial charge in [-0.2, -0.15) is 0 Å². The largest absolute Gasteiger partial charge is 0.481 e. The molecule has 0 bridgehead atoms. The highest BCUT2D eigenvalue weighted by atomic mass is 32.2. The lowest BCUT2D eigenvalue weighted by molar-refractivity contribution is -0.137. The molecule has 142 valence electrons. The lowest BCUT2D eigenvalue weighted by atomic mass is 10.2. The lowest BCUT2D eigenvalue weighted by Crippen LogP contribution is -2.29. The van der Waals surface area contributed by atoms with Gasteiger partial charge >= 0.3 is 5.97 Å². The Morgan fingerprint density at radius 2 is 1.74 bits per heavy atom. The highest BCUT2D eigenvalue weighted by molar-refractivity contribution is 7.92. The molecule has 0 saturated carbocycles. The van der Waals surface area contributed by atoms with Gasteiger partial charge in [-0.15, -0.1) is 0 Å². The van der Waals surface area contributed by atoms with Gasteiger partial charge in [-0.25, -0.2) is 8.42 Å². The molecule has 0 atom stereocenters. The molecule has 0 radical (unpaired) electrons. The van der Waals surface area contributed by atoms with Gasteiger partial charge < -0.3 is 10.4 Å². The summed E-state index contributed by atoms with van der Waals surface area (Å²) in [4.78, 5) is 22.4. The number of aliphatic carboxylic acids is 1. The van der Waals surface area contributed by atoms with Gasteiger partial charge in [0.05, 0.1) is 10.6 Å². The molecule has 0 spiro atoms. The number of benzene rings is 2. The van der Waals surface area contributed by atoms with Crippen LogP contribution in [0.15, 0.2) is 53.4 Å². The maximum atomic E-state index is 12.9. The van der Waals surface area contributed by atoms with Gasteiger partial charge in [0.1, 0.15) is 0 Å². The summed E-state index contributed by atoms with van der Waals surface area (Å²) in [5.41, 5.74) is 2.18. The van der Waals surface area contributed by atoms with Crippen molar-refractivity contribution in [2.45, 2.75) is 30.6 Å². The minimum absolute atomic E-state index is 0.0675. The number of nitrogens with zero attached hydrogens (tertiary/aromatic N) is 1. The van der Waals surface area contributed by atoms with Crippen LogP contribution >= 0.6 is 0 Å². The van der Waals surface area contributed by atoms with E-state index in [1.165, 1.54) is 28.6 Å². The third-order valence-electron chi connectivity index (χ3n) is 4.37. The number of sulfonamides is 1. The molecule has 8 heteroatoms. The van der Waals surface area contributed by atoms with E-state index in [1.54, 1.807) is 6.07 Å². The zero-order valence-electron chi connectivity index (χ0n) is 14.6. The minimum Gasteiger partial charge on any atom is -0.481 e. The van der Waals surface area contributed by atoms with Crippen molar-refractivity contribution in [2.24, 2.45) is 0 Å². The summed E-state index contributed by atoms with van der Waals surface area (Å²) in [6.45, 7) is 0.406. The monoisotopic (exact) mass is 388 g/mol. The first-order valence-corrected chi connectivity index (χ1v) is 10.0. The Kier molecular flexibility index (Phi) is 5.46. The smallest absolute Gasteiger partial charge is 0.303 e. The molecule has 27 heavy (non-hydrogen) atoms. The molecule has 0 fully saturated rings. The van der Waals surface area contributed by atoms with Gasteiger partial charge in [0.2, 0.25) is 5.91 Å². The average molecular weight is 388 g/mol. The highest BCUT2D eigenvalue weighted by Gasteiger charge is 2.30. The van der Waals surface area contributed by atoms with E-state index in [0.717, 1.165) is 5.56 Å². The van der Waals surface area contributed by atoms with Crippen LogP contribution in [0.3, 0.4) is 0 Å². The molecule has 0 saturated heterocycles. The number of hydrogen-bond acceptors (Lipinski definition) is 4.